The van der Waals surface area contributed by atoms with Crippen LogP contribution in [0.2, 0.25) is 0 Å². The first-order valence-electron chi connectivity index (χ1n) is 21.0. The minimum absolute atomic E-state index is 0.248. The molecule has 2 aliphatic heterocycles. The quantitative estimate of drug-likeness (QED) is 0.176. The SMILES string of the molecule is Cc1ccc2c(c1)C(c1ccccc1)(c1ccccc1)c1cc3c(cc1N2C)C(C)(C)c1cc2c(cc1-3)C(c1ccccc1)(c1ccccc1)c1cc(C)ccc1N2C. The summed E-state index contributed by atoms with van der Waals surface area (Å²) in [6, 6.07) is 69.1. The monoisotopic (exact) mass is 760 g/mol. The third-order valence-electron chi connectivity index (χ3n) is 14.1. The molecule has 286 valence electrons. The van der Waals surface area contributed by atoms with E-state index in [1.165, 1.54) is 101 Å². The van der Waals surface area contributed by atoms with E-state index in [9.17, 15) is 0 Å². The number of anilines is 4. The predicted molar refractivity (Wildman–Crippen MR) is 246 cm³/mol. The Balaban J connectivity index is 1.27. The highest BCUT2D eigenvalue weighted by Gasteiger charge is 2.50. The fourth-order valence-corrected chi connectivity index (χ4v) is 11.3. The van der Waals surface area contributed by atoms with Gasteiger partial charge in [0.25, 0.3) is 0 Å². The number of hydrogen-bond acceptors (Lipinski definition) is 2. The minimum Gasteiger partial charge on any atom is -0.344 e. The Morgan fingerprint density at radius 1 is 0.322 bits per heavy atom. The second-order valence-corrected chi connectivity index (χ2v) is 17.6. The summed E-state index contributed by atoms with van der Waals surface area (Å²) in [5, 5.41) is 0. The smallest absolute Gasteiger partial charge is 0.0742 e. The Bertz CT molecular complexity index is 2660. The molecule has 0 amide bonds. The Morgan fingerprint density at radius 3 is 0.949 bits per heavy atom. The maximum absolute atomic E-state index is 2.59. The van der Waals surface area contributed by atoms with E-state index in [0.717, 1.165) is 0 Å². The van der Waals surface area contributed by atoms with Crippen LogP contribution in [0, 0.1) is 13.8 Å². The zero-order valence-corrected chi connectivity index (χ0v) is 34.7. The molecule has 8 aromatic carbocycles. The lowest BCUT2D eigenvalue weighted by Crippen LogP contribution is -2.38. The van der Waals surface area contributed by atoms with E-state index in [1.807, 2.05) is 0 Å². The summed E-state index contributed by atoms with van der Waals surface area (Å²) >= 11 is 0. The first-order valence-corrected chi connectivity index (χ1v) is 21.0. The Kier molecular flexibility index (Phi) is 7.63. The molecular formula is C57H48N2. The molecule has 2 nitrogen and oxygen atoms in total. The summed E-state index contributed by atoms with van der Waals surface area (Å²) in [7, 11) is 4.52. The molecule has 0 saturated heterocycles. The van der Waals surface area contributed by atoms with Crippen LogP contribution in [0.4, 0.5) is 22.7 Å². The van der Waals surface area contributed by atoms with Crippen LogP contribution >= 0.6 is 0 Å². The van der Waals surface area contributed by atoms with Crippen molar-refractivity contribution in [3.63, 3.8) is 0 Å². The highest BCUT2D eigenvalue weighted by atomic mass is 15.1. The van der Waals surface area contributed by atoms with Crippen molar-refractivity contribution in [2.75, 3.05) is 23.9 Å². The van der Waals surface area contributed by atoms with Crippen molar-refractivity contribution in [2.45, 2.75) is 43.9 Å². The van der Waals surface area contributed by atoms with Gasteiger partial charge in [0, 0.05) is 42.3 Å². The first kappa shape index (κ1) is 35.5. The number of rotatable bonds is 4. The van der Waals surface area contributed by atoms with Crippen LogP contribution in [0.1, 0.15) is 80.6 Å². The molecule has 0 bridgehead atoms. The lowest BCUT2D eigenvalue weighted by Gasteiger charge is -2.46. The Hall–Kier alpha value is -6.64. The maximum Gasteiger partial charge on any atom is 0.0742 e. The Morgan fingerprint density at radius 2 is 0.627 bits per heavy atom. The molecular weight excluding hydrogens is 713 g/mol. The van der Waals surface area contributed by atoms with Crippen LogP contribution in [0.15, 0.2) is 182 Å². The topological polar surface area (TPSA) is 6.48 Å². The first-order chi connectivity index (χ1) is 28.7. The summed E-state index contributed by atoms with van der Waals surface area (Å²) in [6.07, 6.45) is 0. The average Bonchev–Trinajstić information content (AvgIpc) is 3.48. The number of fused-ring (bicyclic) bond motifs is 7. The van der Waals surface area contributed by atoms with Crippen molar-refractivity contribution < 1.29 is 0 Å². The lowest BCUT2D eigenvalue weighted by molar-refractivity contribution is 0.655. The van der Waals surface area contributed by atoms with Crippen molar-refractivity contribution in [1.29, 1.82) is 0 Å². The fraction of sp³-hybridized carbons (Fsp3) is 0.158. The van der Waals surface area contributed by atoms with Gasteiger partial charge in [-0.1, -0.05) is 171 Å². The number of benzene rings is 8. The van der Waals surface area contributed by atoms with Crippen LogP contribution in [0.25, 0.3) is 11.1 Å². The third kappa shape index (κ3) is 4.69. The molecule has 59 heavy (non-hydrogen) atoms. The molecule has 0 unspecified atom stereocenters. The molecule has 11 rings (SSSR count). The summed E-state index contributed by atoms with van der Waals surface area (Å²) in [5.41, 5.74) is 21.9. The molecule has 0 radical (unpaired) electrons. The second-order valence-electron chi connectivity index (χ2n) is 17.6. The van der Waals surface area contributed by atoms with E-state index >= 15 is 0 Å². The van der Waals surface area contributed by atoms with Gasteiger partial charge in [-0.05, 0) is 117 Å². The number of nitrogens with zero attached hydrogens (tertiary/aromatic N) is 2. The van der Waals surface area contributed by atoms with Crippen LogP contribution in [0.5, 0.6) is 0 Å². The zero-order valence-electron chi connectivity index (χ0n) is 34.7. The zero-order chi connectivity index (χ0) is 40.3. The van der Waals surface area contributed by atoms with Crippen molar-refractivity contribution in [3.05, 3.63) is 249 Å². The van der Waals surface area contributed by atoms with E-state index in [2.05, 4.69) is 234 Å². The normalized spacial score (nSPS) is 16.0. The van der Waals surface area contributed by atoms with Gasteiger partial charge in [0.05, 0.1) is 10.8 Å². The number of hydrogen-bond donors (Lipinski definition) is 0. The van der Waals surface area contributed by atoms with Gasteiger partial charge in [-0.2, -0.15) is 0 Å². The summed E-state index contributed by atoms with van der Waals surface area (Å²) in [5.74, 6) is 0. The van der Waals surface area contributed by atoms with Gasteiger partial charge in [-0.3, -0.25) is 0 Å². The second kappa shape index (κ2) is 12.7. The van der Waals surface area contributed by atoms with Crippen LogP contribution in [-0.2, 0) is 16.2 Å². The molecule has 0 saturated carbocycles. The van der Waals surface area contributed by atoms with Gasteiger partial charge in [0.2, 0.25) is 0 Å². The highest BCUT2D eigenvalue weighted by Crippen LogP contribution is 2.63. The Labute approximate surface area is 349 Å². The van der Waals surface area contributed by atoms with E-state index in [1.54, 1.807) is 0 Å². The van der Waals surface area contributed by atoms with Crippen molar-refractivity contribution >= 4 is 22.7 Å². The molecule has 2 heteroatoms. The van der Waals surface area contributed by atoms with E-state index < -0.39 is 10.8 Å². The van der Waals surface area contributed by atoms with Crippen molar-refractivity contribution in [2.24, 2.45) is 0 Å². The fourth-order valence-electron chi connectivity index (χ4n) is 11.3. The summed E-state index contributed by atoms with van der Waals surface area (Å²) < 4.78 is 0. The molecule has 0 atom stereocenters. The molecule has 0 spiro atoms. The maximum atomic E-state index is 2.59. The molecule has 3 aliphatic rings. The van der Waals surface area contributed by atoms with Gasteiger partial charge in [0.15, 0.2) is 0 Å². The van der Waals surface area contributed by atoms with Crippen LogP contribution in [-0.4, -0.2) is 14.1 Å². The highest BCUT2D eigenvalue weighted by molar-refractivity contribution is 5.94. The largest absolute Gasteiger partial charge is 0.344 e. The molecule has 1 aliphatic carbocycles. The molecule has 0 N–H and O–H groups in total. The number of aryl methyl sites for hydroxylation is 2. The van der Waals surface area contributed by atoms with E-state index in [-0.39, 0.29) is 5.41 Å². The third-order valence-corrected chi connectivity index (χ3v) is 14.1. The molecule has 0 aromatic heterocycles. The standard InChI is InChI=1S/C57H48N2/c1-37-27-29-51-47(31-37)56(39-19-11-7-12-20-39,40-21-13-8-14-22-40)49-33-43-44-34-50-54(36-46(44)55(3,4)45(43)35-53(49)58(51)5)59(6)52-30-28-38(2)32-48(52)57(50,41-23-15-9-16-24-41)42-25-17-10-18-26-42/h7-36H,1-6H3. The average molecular weight is 761 g/mol. The van der Waals surface area contributed by atoms with Crippen LogP contribution in [0.3, 0.4) is 0 Å². The molecule has 2 heterocycles. The molecule has 0 fully saturated rings. The van der Waals surface area contributed by atoms with E-state index in [4.69, 9.17) is 0 Å². The van der Waals surface area contributed by atoms with Gasteiger partial charge in [-0.25, -0.2) is 0 Å². The predicted octanol–water partition coefficient (Wildman–Crippen LogP) is 13.5. The van der Waals surface area contributed by atoms with Gasteiger partial charge in [0.1, 0.15) is 0 Å². The van der Waals surface area contributed by atoms with E-state index in [0.29, 0.717) is 0 Å². The van der Waals surface area contributed by atoms with Gasteiger partial charge in [-0.15, -0.1) is 0 Å². The molecule has 8 aromatic rings. The lowest BCUT2D eigenvalue weighted by atomic mass is 9.61. The van der Waals surface area contributed by atoms with Crippen LogP contribution < -0.4 is 9.80 Å². The van der Waals surface area contributed by atoms with Gasteiger partial charge >= 0.3 is 0 Å². The summed E-state index contributed by atoms with van der Waals surface area (Å²) in [6.45, 7) is 9.31. The minimum atomic E-state index is -0.545. The van der Waals surface area contributed by atoms with Gasteiger partial charge < -0.3 is 9.80 Å². The van der Waals surface area contributed by atoms with Crippen molar-refractivity contribution in [1.82, 2.24) is 0 Å². The van der Waals surface area contributed by atoms with Crippen molar-refractivity contribution in [3.8, 4) is 11.1 Å². The summed E-state index contributed by atoms with van der Waals surface area (Å²) in [4.78, 5) is 4.89.